The van der Waals surface area contributed by atoms with Crippen molar-refractivity contribution < 1.29 is 9.53 Å². The Kier molecular flexibility index (Phi) is 8.12. The minimum Gasteiger partial charge on any atom is -0.385 e. The summed E-state index contributed by atoms with van der Waals surface area (Å²) in [4.78, 5) is 15.7. The van der Waals surface area contributed by atoms with Crippen LogP contribution in [0, 0.1) is 5.41 Å². The van der Waals surface area contributed by atoms with Crippen LogP contribution in [0.15, 0.2) is 4.99 Å². The highest BCUT2D eigenvalue weighted by molar-refractivity contribution is 5.86. The summed E-state index contributed by atoms with van der Waals surface area (Å²) in [6, 6.07) is 0. The van der Waals surface area contributed by atoms with E-state index in [1.54, 1.807) is 14.2 Å². The van der Waals surface area contributed by atoms with Gasteiger partial charge >= 0.3 is 0 Å². The van der Waals surface area contributed by atoms with Gasteiger partial charge in [-0.15, -0.1) is 0 Å². The molecular formula is C15H30N4O2. The van der Waals surface area contributed by atoms with E-state index in [2.05, 4.69) is 20.9 Å². The molecule has 1 rings (SSSR count). The van der Waals surface area contributed by atoms with Crippen molar-refractivity contribution in [3.63, 3.8) is 0 Å². The Morgan fingerprint density at radius 3 is 2.57 bits per heavy atom. The SMILES string of the molecule is CCCNC(=O)CNC(=NC)NCC1(CCOC)CCC1. The number of nitrogens with one attached hydrogen (secondary N) is 3. The van der Waals surface area contributed by atoms with E-state index in [1.807, 2.05) is 6.92 Å². The van der Waals surface area contributed by atoms with Gasteiger partial charge in [-0.25, -0.2) is 0 Å². The molecule has 1 saturated carbocycles. The van der Waals surface area contributed by atoms with E-state index in [-0.39, 0.29) is 12.5 Å². The third kappa shape index (κ3) is 6.33. The predicted octanol–water partition coefficient (Wildman–Crippen LogP) is 0.884. The highest BCUT2D eigenvalue weighted by Crippen LogP contribution is 2.43. The van der Waals surface area contributed by atoms with Crippen LogP contribution in [0.4, 0.5) is 0 Å². The quantitative estimate of drug-likeness (QED) is 0.436. The summed E-state index contributed by atoms with van der Waals surface area (Å²) in [6.07, 6.45) is 5.77. The number of carbonyl (C=O) groups is 1. The van der Waals surface area contributed by atoms with Gasteiger partial charge < -0.3 is 20.7 Å². The van der Waals surface area contributed by atoms with E-state index in [1.165, 1.54) is 19.3 Å². The monoisotopic (exact) mass is 298 g/mol. The normalized spacial score (nSPS) is 17.0. The Morgan fingerprint density at radius 1 is 1.29 bits per heavy atom. The van der Waals surface area contributed by atoms with Crippen molar-refractivity contribution in [1.29, 1.82) is 0 Å². The zero-order chi connectivity index (χ0) is 15.6. The lowest BCUT2D eigenvalue weighted by Crippen LogP contribution is -2.48. The third-order valence-electron chi connectivity index (χ3n) is 4.09. The van der Waals surface area contributed by atoms with Crippen LogP contribution in [0.25, 0.3) is 0 Å². The van der Waals surface area contributed by atoms with Crippen LogP contribution in [0.5, 0.6) is 0 Å². The maximum absolute atomic E-state index is 11.6. The topological polar surface area (TPSA) is 74.8 Å². The first kappa shape index (κ1) is 17.8. The minimum atomic E-state index is -0.00228. The first-order valence-corrected chi connectivity index (χ1v) is 7.86. The summed E-state index contributed by atoms with van der Waals surface area (Å²) in [5.74, 6) is 0.683. The lowest BCUT2D eigenvalue weighted by Gasteiger charge is -2.42. The summed E-state index contributed by atoms with van der Waals surface area (Å²) in [5, 5.41) is 9.22. The van der Waals surface area contributed by atoms with Gasteiger partial charge in [0.15, 0.2) is 5.96 Å². The molecule has 0 aromatic heterocycles. The first-order chi connectivity index (χ1) is 10.2. The van der Waals surface area contributed by atoms with Crippen molar-refractivity contribution in [2.45, 2.75) is 39.0 Å². The van der Waals surface area contributed by atoms with Crippen LogP contribution in [0.3, 0.4) is 0 Å². The van der Waals surface area contributed by atoms with Gasteiger partial charge in [-0.05, 0) is 31.1 Å². The second-order valence-corrected chi connectivity index (χ2v) is 5.73. The number of guanidine groups is 1. The average Bonchev–Trinajstić information content (AvgIpc) is 2.46. The first-order valence-electron chi connectivity index (χ1n) is 7.86. The lowest BCUT2D eigenvalue weighted by atomic mass is 9.67. The second kappa shape index (κ2) is 9.60. The Bertz CT molecular complexity index is 341. The molecule has 1 aliphatic rings. The number of rotatable bonds is 9. The zero-order valence-corrected chi connectivity index (χ0v) is 13.6. The molecule has 1 fully saturated rings. The van der Waals surface area contributed by atoms with Crippen LogP contribution in [0.1, 0.15) is 39.0 Å². The lowest BCUT2D eigenvalue weighted by molar-refractivity contribution is -0.120. The van der Waals surface area contributed by atoms with E-state index in [0.717, 1.165) is 26.0 Å². The van der Waals surface area contributed by atoms with Crippen LogP contribution in [-0.4, -0.2) is 52.3 Å². The number of hydrogen-bond acceptors (Lipinski definition) is 3. The molecule has 21 heavy (non-hydrogen) atoms. The largest absolute Gasteiger partial charge is 0.385 e. The standard InChI is InChI=1S/C15H30N4O2/c1-4-9-17-13(20)11-18-14(16-2)19-12-15(6-5-7-15)8-10-21-3/h4-12H2,1-3H3,(H,17,20)(H2,16,18,19). The van der Waals surface area contributed by atoms with Crippen LogP contribution in [-0.2, 0) is 9.53 Å². The van der Waals surface area contributed by atoms with Crippen molar-refractivity contribution in [3.8, 4) is 0 Å². The van der Waals surface area contributed by atoms with Crippen molar-refractivity contribution in [1.82, 2.24) is 16.0 Å². The fourth-order valence-corrected chi connectivity index (χ4v) is 2.49. The summed E-state index contributed by atoms with van der Waals surface area (Å²) in [5.41, 5.74) is 0.331. The molecule has 0 unspecified atom stereocenters. The fraction of sp³-hybridized carbons (Fsp3) is 0.867. The molecule has 6 heteroatoms. The maximum atomic E-state index is 11.6. The van der Waals surface area contributed by atoms with Gasteiger partial charge in [0.2, 0.25) is 5.91 Å². The molecule has 0 aliphatic heterocycles. The molecule has 0 spiro atoms. The van der Waals surface area contributed by atoms with E-state index >= 15 is 0 Å². The van der Waals surface area contributed by atoms with Crippen LogP contribution >= 0.6 is 0 Å². The fourth-order valence-electron chi connectivity index (χ4n) is 2.49. The summed E-state index contributed by atoms with van der Waals surface area (Å²) in [7, 11) is 3.47. The number of ether oxygens (including phenoxy) is 1. The Hall–Kier alpha value is -1.30. The Balaban J connectivity index is 2.29. The number of aliphatic imine (C=N–C) groups is 1. The van der Waals surface area contributed by atoms with Crippen molar-refractivity contribution in [3.05, 3.63) is 0 Å². The Morgan fingerprint density at radius 2 is 2.05 bits per heavy atom. The second-order valence-electron chi connectivity index (χ2n) is 5.73. The van der Waals surface area contributed by atoms with Crippen LogP contribution in [0.2, 0.25) is 0 Å². The van der Waals surface area contributed by atoms with Crippen LogP contribution < -0.4 is 16.0 Å². The van der Waals surface area contributed by atoms with Gasteiger partial charge in [0.05, 0.1) is 6.54 Å². The highest BCUT2D eigenvalue weighted by atomic mass is 16.5. The maximum Gasteiger partial charge on any atom is 0.239 e. The number of hydrogen-bond donors (Lipinski definition) is 3. The molecule has 0 radical (unpaired) electrons. The molecule has 3 N–H and O–H groups in total. The van der Waals surface area contributed by atoms with E-state index in [9.17, 15) is 4.79 Å². The number of nitrogens with zero attached hydrogens (tertiary/aromatic N) is 1. The predicted molar refractivity (Wildman–Crippen MR) is 85.4 cm³/mol. The highest BCUT2D eigenvalue weighted by Gasteiger charge is 2.36. The number of amides is 1. The van der Waals surface area contributed by atoms with E-state index in [4.69, 9.17) is 4.74 Å². The minimum absolute atomic E-state index is 0.00228. The molecule has 0 saturated heterocycles. The van der Waals surface area contributed by atoms with Gasteiger partial charge in [-0.2, -0.15) is 0 Å². The number of methoxy groups -OCH3 is 1. The van der Waals surface area contributed by atoms with Gasteiger partial charge in [0, 0.05) is 33.9 Å². The molecule has 122 valence electrons. The summed E-state index contributed by atoms with van der Waals surface area (Å²) < 4.78 is 5.20. The van der Waals surface area contributed by atoms with E-state index < -0.39 is 0 Å². The molecule has 0 atom stereocenters. The van der Waals surface area contributed by atoms with E-state index in [0.29, 0.717) is 17.9 Å². The molecule has 0 heterocycles. The van der Waals surface area contributed by atoms with Crippen molar-refractivity contribution in [2.24, 2.45) is 10.4 Å². The molecular weight excluding hydrogens is 268 g/mol. The van der Waals surface area contributed by atoms with Gasteiger partial charge in [-0.3, -0.25) is 9.79 Å². The molecule has 1 aliphatic carbocycles. The number of carbonyl (C=O) groups excluding carboxylic acids is 1. The third-order valence-corrected chi connectivity index (χ3v) is 4.09. The summed E-state index contributed by atoms with van der Waals surface area (Å²) >= 11 is 0. The molecule has 0 aromatic carbocycles. The molecule has 6 nitrogen and oxygen atoms in total. The molecule has 1 amide bonds. The van der Waals surface area contributed by atoms with Crippen molar-refractivity contribution >= 4 is 11.9 Å². The van der Waals surface area contributed by atoms with Crippen molar-refractivity contribution in [2.75, 3.05) is 40.4 Å². The Labute approximate surface area is 128 Å². The smallest absolute Gasteiger partial charge is 0.239 e. The summed E-state index contributed by atoms with van der Waals surface area (Å²) in [6.45, 7) is 4.68. The average molecular weight is 298 g/mol. The van der Waals surface area contributed by atoms with Gasteiger partial charge in [-0.1, -0.05) is 13.3 Å². The van der Waals surface area contributed by atoms with Gasteiger partial charge in [0.1, 0.15) is 0 Å². The molecule has 0 aromatic rings. The molecule has 0 bridgehead atoms. The van der Waals surface area contributed by atoms with Gasteiger partial charge in [0.25, 0.3) is 0 Å². The zero-order valence-electron chi connectivity index (χ0n) is 13.6.